The van der Waals surface area contributed by atoms with Crippen molar-refractivity contribution < 1.29 is 14.7 Å². The molecule has 23 heavy (non-hydrogen) atoms. The zero-order valence-electron chi connectivity index (χ0n) is 12.8. The van der Waals surface area contributed by atoms with Crippen LogP contribution in [0.25, 0.3) is 0 Å². The molecule has 2 aromatic rings. The summed E-state index contributed by atoms with van der Waals surface area (Å²) in [7, 11) is 0. The molecule has 0 unspecified atom stereocenters. The number of carbonyl (C=O) groups is 2. The lowest BCUT2D eigenvalue weighted by Gasteiger charge is -2.27. The van der Waals surface area contributed by atoms with E-state index in [1.807, 2.05) is 18.2 Å². The fourth-order valence-corrected chi connectivity index (χ4v) is 2.83. The highest BCUT2D eigenvalue weighted by Crippen LogP contribution is 2.15. The Hall–Kier alpha value is -2.63. The van der Waals surface area contributed by atoms with E-state index < -0.39 is 5.97 Å². The number of rotatable bonds is 6. The molecule has 1 aliphatic heterocycles. The van der Waals surface area contributed by atoms with Gasteiger partial charge < -0.3 is 10.0 Å². The Labute approximate surface area is 134 Å². The molecule has 6 nitrogen and oxygen atoms in total. The second kappa shape index (κ2) is 6.64. The van der Waals surface area contributed by atoms with Crippen molar-refractivity contribution in [3.63, 3.8) is 0 Å². The monoisotopic (exact) mass is 313 g/mol. The third-order valence-corrected chi connectivity index (χ3v) is 4.07. The van der Waals surface area contributed by atoms with Crippen LogP contribution in [0.3, 0.4) is 0 Å². The van der Waals surface area contributed by atoms with Crippen LogP contribution in [0, 0.1) is 0 Å². The molecule has 0 saturated carbocycles. The van der Waals surface area contributed by atoms with Crippen LogP contribution in [0.2, 0.25) is 0 Å². The van der Waals surface area contributed by atoms with E-state index in [0.717, 1.165) is 19.3 Å². The summed E-state index contributed by atoms with van der Waals surface area (Å²) in [6.45, 7) is 1.82. The third-order valence-electron chi connectivity index (χ3n) is 4.07. The first-order valence-corrected chi connectivity index (χ1v) is 7.79. The molecule has 0 saturated heterocycles. The van der Waals surface area contributed by atoms with Gasteiger partial charge in [-0.3, -0.25) is 9.48 Å². The predicted octanol–water partition coefficient (Wildman–Crippen LogP) is 2.06. The highest BCUT2D eigenvalue weighted by molar-refractivity contribution is 5.96. The van der Waals surface area contributed by atoms with E-state index in [9.17, 15) is 9.59 Å². The number of carbonyl (C=O) groups excluding carboxylic acids is 1. The van der Waals surface area contributed by atoms with Gasteiger partial charge in [-0.05, 0) is 24.8 Å². The fourth-order valence-electron chi connectivity index (χ4n) is 2.83. The van der Waals surface area contributed by atoms with Gasteiger partial charge in [0.05, 0.1) is 6.54 Å². The van der Waals surface area contributed by atoms with E-state index in [0.29, 0.717) is 25.3 Å². The van der Waals surface area contributed by atoms with Gasteiger partial charge in [0.25, 0.3) is 5.91 Å². The number of amides is 1. The first kappa shape index (κ1) is 15.3. The molecule has 1 N–H and O–H groups in total. The van der Waals surface area contributed by atoms with Crippen LogP contribution in [0.15, 0.2) is 36.4 Å². The molecule has 2 heterocycles. The Bertz CT molecular complexity index is 709. The molecule has 0 atom stereocenters. The smallest absolute Gasteiger partial charge is 0.356 e. The van der Waals surface area contributed by atoms with E-state index in [1.54, 1.807) is 4.90 Å². The highest BCUT2D eigenvalue weighted by atomic mass is 16.4. The zero-order chi connectivity index (χ0) is 16.2. The minimum Gasteiger partial charge on any atom is -0.476 e. The van der Waals surface area contributed by atoms with Crippen molar-refractivity contribution in [3.8, 4) is 0 Å². The van der Waals surface area contributed by atoms with E-state index in [4.69, 9.17) is 5.11 Å². The molecular formula is C17H19N3O3. The number of unbranched alkanes of at least 4 members (excludes halogenated alkanes) is 1. The predicted molar refractivity (Wildman–Crippen MR) is 84.5 cm³/mol. The lowest BCUT2D eigenvalue weighted by Crippen LogP contribution is -2.40. The summed E-state index contributed by atoms with van der Waals surface area (Å²) in [6, 6.07) is 11.6. The molecule has 0 aliphatic carbocycles. The van der Waals surface area contributed by atoms with Gasteiger partial charge in [-0.15, -0.1) is 0 Å². The molecule has 1 amide bonds. The van der Waals surface area contributed by atoms with Crippen LogP contribution in [0.1, 0.15) is 39.4 Å². The second-order valence-corrected chi connectivity index (χ2v) is 5.68. The number of aromatic nitrogens is 2. The second-order valence-electron chi connectivity index (χ2n) is 5.68. The normalized spacial score (nSPS) is 13.9. The van der Waals surface area contributed by atoms with Crippen LogP contribution >= 0.6 is 0 Å². The van der Waals surface area contributed by atoms with E-state index in [1.165, 1.54) is 16.3 Å². The summed E-state index contributed by atoms with van der Waals surface area (Å²) in [5, 5.41) is 12.9. The number of benzene rings is 1. The number of hydrogen-bond donors (Lipinski definition) is 1. The number of fused-ring (bicyclic) bond motifs is 1. The van der Waals surface area contributed by atoms with Crippen molar-refractivity contribution in [2.24, 2.45) is 0 Å². The summed E-state index contributed by atoms with van der Waals surface area (Å²) in [5.41, 5.74) is 1.61. The number of aryl methyl sites for hydroxylation is 1. The molecule has 1 aliphatic rings. The Morgan fingerprint density at radius 1 is 1.17 bits per heavy atom. The quantitative estimate of drug-likeness (QED) is 0.828. The fraction of sp³-hybridized carbons (Fsp3) is 0.353. The van der Waals surface area contributed by atoms with Gasteiger partial charge in [-0.25, -0.2) is 4.79 Å². The summed E-state index contributed by atoms with van der Waals surface area (Å²) in [5.74, 6) is -1.23. The van der Waals surface area contributed by atoms with Crippen molar-refractivity contribution >= 4 is 11.9 Å². The minimum absolute atomic E-state index is 0.0701. The maximum atomic E-state index is 12.4. The van der Waals surface area contributed by atoms with Crippen molar-refractivity contribution in [1.29, 1.82) is 0 Å². The van der Waals surface area contributed by atoms with E-state index in [-0.39, 0.29) is 11.6 Å². The number of hydrogen-bond acceptors (Lipinski definition) is 3. The lowest BCUT2D eigenvalue weighted by molar-refractivity contribution is 0.0676. The molecule has 0 radical (unpaired) electrons. The topological polar surface area (TPSA) is 75.4 Å². The molecule has 0 fully saturated rings. The molecular weight excluding hydrogens is 294 g/mol. The number of nitrogens with zero attached hydrogens (tertiary/aromatic N) is 3. The van der Waals surface area contributed by atoms with Crippen molar-refractivity contribution in [3.05, 3.63) is 53.3 Å². The minimum atomic E-state index is -1.10. The number of aromatic carboxylic acids is 1. The molecule has 120 valence electrons. The largest absolute Gasteiger partial charge is 0.476 e. The Morgan fingerprint density at radius 3 is 2.70 bits per heavy atom. The summed E-state index contributed by atoms with van der Waals surface area (Å²) in [4.78, 5) is 25.1. The van der Waals surface area contributed by atoms with Crippen LogP contribution in [0.5, 0.6) is 0 Å². The maximum Gasteiger partial charge on any atom is 0.356 e. The van der Waals surface area contributed by atoms with Crippen LogP contribution in [-0.2, 0) is 13.0 Å². The summed E-state index contributed by atoms with van der Waals surface area (Å²) in [6.07, 6.45) is 2.96. The Balaban J connectivity index is 1.53. The standard InChI is InChI=1S/C17H19N3O3/c21-16-15-12-14(17(22)23)18-20(15)11-10-19(16)9-5-4-8-13-6-2-1-3-7-13/h1-3,6-7,12H,4-5,8-11H2,(H,22,23). The number of carboxylic acid groups (broad SMARTS) is 1. The first-order valence-electron chi connectivity index (χ1n) is 7.79. The summed E-state index contributed by atoms with van der Waals surface area (Å²) >= 11 is 0. The SMILES string of the molecule is O=C(O)c1cc2n(n1)CCN(CCCCc1ccccc1)C2=O. The Kier molecular flexibility index (Phi) is 4.41. The van der Waals surface area contributed by atoms with Gasteiger partial charge >= 0.3 is 5.97 Å². The van der Waals surface area contributed by atoms with Gasteiger partial charge in [0, 0.05) is 19.2 Å². The van der Waals surface area contributed by atoms with Crippen molar-refractivity contribution in [2.45, 2.75) is 25.8 Å². The first-order chi connectivity index (χ1) is 11.1. The van der Waals surface area contributed by atoms with Gasteiger partial charge in [0.1, 0.15) is 5.69 Å². The molecule has 3 rings (SSSR count). The third kappa shape index (κ3) is 3.41. The van der Waals surface area contributed by atoms with Crippen molar-refractivity contribution in [1.82, 2.24) is 14.7 Å². The Morgan fingerprint density at radius 2 is 1.96 bits per heavy atom. The zero-order valence-corrected chi connectivity index (χ0v) is 12.8. The van der Waals surface area contributed by atoms with Gasteiger partial charge in [-0.1, -0.05) is 30.3 Å². The average molecular weight is 313 g/mol. The van der Waals surface area contributed by atoms with Crippen LogP contribution < -0.4 is 0 Å². The van der Waals surface area contributed by atoms with Gasteiger partial charge in [-0.2, -0.15) is 5.10 Å². The van der Waals surface area contributed by atoms with E-state index >= 15 is 0 Å². The van der Waals surface area contributed by atoms with Crippen LogP contribution in [0.4, 0.5) is 0 Å². The maximum absolute atomic E-state index is 12.4. The average Bonchev–Trinajstić information content (AvgIpc) is 3.00. The van der Waals surface area contributed by atoms with Crippen LogP contribution in [-0.4, -0.2) is 44.8 Å². The molecule has 0 bridgehead atoms. The molecule has 1 aromatic heterocycles. The van der Waals surface area contributed by atoms with Gasteiger partial charge in [0.2, 0.25) is 0 Å². The lowest BCUT2D eigenvalue weighted by atomic mass is 10.1. The van der Waals surface area contributed by atoms with Crippen molar-refractivity contribution in [2.75, 3.05) is 13.1 Å². The number of carboxylic acids is 1. The molecule has 1 aromatic carbocycles. The summed E-state index contributed by atoms with van der Waals surface area (Å²) < 4.78 is 1.49. The van der Waals surface area contributed by atoms with E-state index in [2.05, 4.69) is 17.2 Å². The highest BCUT2D eigenvalue weighted by Gasteiger charge is 2.27. The molecule has 6 heteroatoms. The van der Waals surface area contributed by atoms with Gasteiger partial charge in [0.15, 0.2) is 5.69 Å². The molecule has 0 spiro atoms.